The zero-order valence-corrected chi connectivity index (χ0v) is 14.0. The van der Waals surface area contributed by atoms with Crippen molar-refractivity contribution >= 4 is 52.9 Å². The summed E-state index contributed by atoms with van der Waals surface area (Å²) in [5.74, 6) is -0.557. The largest absolute Gasteiger partial charge is 0.493 e. The molecule has 0 aliphatic rings. The number of imidazole rings is 1. The zero-order valence-electron chi connectivity index (χ0n) is 10.0. The molecule has 1 aromatic carbocycles. The highest BCUT2D eigenvalue weighted by Gasteiger charge is 2.29. The quantitative estimate of drug-likeness (QED) is 0.640. The van der Waals surface area contributed by atoms with Crippen molar-refractivity contribution in [1.29, 1.82) is 0 Å². The van der Waals surface area contributed by atoms with E-state index in [-0.39, 0.29) is 4.47 Å². The van der Waals surface area contributed by atoms with Crippen LogP contribution < -0.4 is 5.69 Å². The normalized spacial score (nSPS) is 12.1. The molecule has 21 heavy (non-hydrogen) atoms. The first-order valence-electron chi connectivity index (χ1n) is 5.44. The fourth-order valence-corrected chi connectivity index (χ4v) is 4.39. The summed E-state index contributed by atoms with van der Waals surface area (Å²) in [6.07, 6.45) is 0.771. The standard InChI is InChI=1S/C11H6Br2N2O5S/c12-5-1-2-6-7(3-5)20-10(9(6)13)21(18,19)15-4-8(16)14-11(15)17/h1-4,16H,(H,14,17). The van der Waals surface area contributed by atoms with E-state index in [1.807, 2.05) is 4.98 Å². The number of fused-ring (bicyclic) bond motifs is 1. The number of aromatic amines is 1. The number of rotatable bonds is 2. The van der Waals surface area contributed by atoms with E-state index in [1.165, 1.54) is 0 Å². The molecule has 0 aliphatic heterocycles. The summed E-state index contributed by atoms with van der Waals surface area (Å²) in [5.41, 5.74) is -0.649. The van der Waals surface area contributed by atoms with Crippen LogP contribution in [0.25, 0.3) is 11.0 Å². The van der Waals surface area contributed by atoms with Crippen LogP contribution in [0.15, 0.2) is 47.6 Å². The van der Waals surface area contributed by atoms with Gasteiger partial charge in [-0.25, -0.2) is 4.79 Å². The van der Waals surface area contributed by atoms with Gasteiger partial charge in [-0.2, -0.15) is 12.4 Å². The average Bonchev–Trinajstić information content (AvgIpc) is 2.90. The number of furan rings is 1. The number of H-pyrrole nitrogens is 1. The average molecular weight is 438 g/mol. The Hall–Kier alpha value is -1.52. The van der Waals surface area contributed by atoms with Crippen LogP contribution in [0.5, 0.6) is 5.88 Å². The van der Waals surface area contributed by atoms with Crippen molar-refractivity contribution in [2.75, 3.05) is 0 Å². The van der Waals surface area contributed by atoms with E-state index in [1.54, 1.807) is 18.2 Å². The molecule has 0 spiro atoms. The summed E-state index contributed by atoms with van der Waals surface area (Å²) < 4.78 is 31.5. The lowest BCUT2D eigenvalue weighted by Crippen LogP contribution is -2.24. The van der Waals surface area contributed by atoms with E-state index in [9.17, 15) is 18.3 Å². The van der Waals surface area contributed by atoms with E-state index >= 15 is 0 Å². The first-order chi connectivity index (χ1) is 9.80. The maximum atomic E-state index is 12.4. The van der Waals surface area contributed by atoms with Gasteiger partial charge >= 0.3 is 15.7 Å². The molecule has 0 radical (unpaired) electrons. The second kappa shape index (κ2) is 4.75. The molecule has 7 nitrogen and oxygen atoms in total. The topological polar surface area (TPSA) is 105 Å². The molecular weight excluding hydrogens is 432 g/mol. The highest BCUT2D eigenvalue weighted by molar-refractivity contribution is 9.11. The van der Waals surface area contributed by atoms with Gasteiger partial charge in [-0.3, -0.25) is 4.98 Å². The van der Waals surface area contributed by atoms with Crippen LogP contribution in [0, 0.1) is 0 Å². The number of aromatic hydroxyl groups is 1. The Morgan fingerprint density at radius 2 is 2.00 bits per heavy atom. The number of hydrogen-bond donors (Lipinski definition) is 2. The Kier molecular flexibility index (Phi) is 3.26. The van der Waals surface area contributed by atoms with Crippen LogP contribution in [0.4, 0.5) is 0 Å². The monoisotopic (exact) mass is 436 g/mol. The van der Waals surface area contributed by atoms with Gasteiger partial charge in [0, 0.05) is 9.86 Å². The van der Waals surface area contributed by atoms with E-state index in [2.05, 4.69) is 31.9 Å². The van der Waals surface area contributed by atoms with Gasteiger partial charge < -0.3 is 9.52 Å². The smallest absolute Gasteiger partial charge is 0.342 e. The molecule has 0 saturated carbocycles. The molecule has 0 fully saturated rings. The summed E-state index contributed by atoms with van der Waals surface area (Å²) in [4.78, 5) is 13.5. The van der Waals surface area contributed by atoms with Crippen LogP contribution in [0.1, 0.15) is 0 Å². The first-order valence-corrected chi connectivity index (χ1v) is 8.47. The van der Waals surface area contributed by atoms with Gasteiger partial charge in [0.05, 0.1) is 10.7 Å². The Bertz CT molecular complexity index is 1020. The second-order valence-electron chi connectivity index (χ2n) is 4.09. The molecule has 2 N–H and O–H groups in total. The van der Waals surface area contributed by atoms with Crippen molar-refractivity contribution in [2.45, 2.75) is 5.09 Å². The van der Waals surface area contributed by atoms with Crippen molar-refractivity contribution in [3.63, 3.8) is 0 Å². The third-order valence-electron chi connectivity index (χ3n) is 2.73. The van der Waals surface area contributed by atoms with Crippen molar-refractivity contribution in [3.8, 4) is 5.88 Å². The highest BCUT2D eigenvalue weighted by atomic mass is 79.9. The van der Waals surface area contributed by atoms with Gasteiger partial charge in [-0.15, -0.1) is 0 Å². The summed E-state index contributed by atoms with van der Waals surface area (Å²) in [6.45, 7) is 0. The summed E-state index contributed by atoms with van der Waals surface area (Å²) in [7, 11) is -4.27. The van der Waals surface area contributed by atoms with Gasteiger partial charge in [-0.05, 0) is 34.1 Å². The number of nitrogens with one attached hydrogen (secondary N) is 1. The number of hydrogen-bond acceptors (Lipinski definition) is 5. The van der Waals surface area contributed by atoms with Crippen molar-refractivity contribution in [1.82, 2.24) is 8.96 Å². The fraction of sp³-hybridized carbons (Fsp3) is 0. The maximum absolute atomic E-state index is 12.4. The first kappa shape index (κ1) is 14.4. The molecule has 2 aromatic heterocycles. The summed E-state index contributed by atoms with van der Waals surface area (Å²) >= 11 is 6.42. The van der Waals surface area contributed by atoms with E-state index in [4.69, 9.17) is 4.42 Å². The van der Waals surface area contributed by atoms with Crippen molar-refractivity contribution in [2.24, 2.45) is 0 Å². The third kappa shape index (κ3) is 2.23. The van der Waals surface area contributed by atoms with Gasteiger partial charge in [-0.1, -0.05) is 15.9 Å². The fourth-order valence-electron chi connectivity index (χ4n) is 1.82. The van der Waals surface area contributed by atoms with E-state index in [0.29, 0.717) is 14.9 Å². The molecule has 0 unspecified atom stereocenters. The lowest BCUT2D eigenvalue weighted by atomic mass is 10.3. The van der Waals surface area contributed by atoms with Gasteiger partial charge in [0.1, 0.15) is 5.58 Å². The molecule has 110 valence electrons. The third-order valence-corrected chi connectivity index (χ3v) is 5.82. The van der Waals surface area contributed by atoms with Crippen LogP contribution in [-0.2, 0) is 10.0 Å². The summed E-state index contributed by atoms with van der Waals surface area (Å²) in [6, 6.07) is 5.01. The Balaban J connectivity index is 2.31. The van der Waals surface area contributed by atoms with Gasteiger partial charge in [0.15, 0.2) is 0 Å². The minimum absolute atomic E-state index is 0.206. The minimum atomic E-state index is -4.27. The predicted octanol–water partition coefficient (Wildman–Crippen LogP) is 2.39. The van der Waals surface area contributed by atoms with E-state index < -0.39 is 26.7 Å². The lowest BCUT2D eigenvalue weighted by molar-refractivity contribution is 0.455. The number of benzene rings is 1. The molecule has 2 heterocycles. The molecule has 3 rings (SSSR count). The minimum Gasteiger partial charge on any atom is -0.493 e. The molecule has 0 amide bonds. The molecule has 3 aromatic rings. The van der Waals surface area contributed by atoms with Crippen molar-refractivity contribution < 1.29 is 17.9 Å². The van der Waals surface area contributed by atoms with Crippen LogP contribution in [-0.4, -0.2) is 22.5 Å². The van der Waals surface area contributed by atoms with Crippen LogP contribution in [0.2, 0.25) is 0 Å². The molecule has 10 heteroatoms. The van der Waals surface area contributed by atoms with Crippen LogP contribution >= 0.6 is 31.9 Å². The van der Waals surface area contributed by atoms with Crippen molar-refractivity contribution in [3.05, 3.63) is 43.8 Å². The molecular formula is C11H6Br2N2O5S. The van der Waals surface area contributed by atoms with Crippen LogP contribution in [0.3, 0.4) is 0 Å². The molecule has 0 bridgehead atoms. The number of nitrogens with zero attached hydrogens (tertiary/aromatic N) is 1. The van der Waals surface area contributed by atoms with E-state index in [0.717, 1.165) is 10.7 Å². The molecule has 0 atom stereocenters. The SMILES string of the molecule is O=c1[nH]c(O)cn1S(=O)(=O)c1oc2cc(Br)ccc2c1Br. The number of halogens is 2. The number of aromatic nitrogens is 2. The zero-order chi connectivity index (χ0) is 15.4. The molecule has 0 saturated heterocycles. The maximum Gasteiger partial charge on any atom is 0.342 e. The lowest BCUT2D eigenvalue weighted by Gasteiger charge is -2.00. The highest BCUT2D eigenvalue weighted by Crippen LogP contribution is 2.35. The molecule has 0 aliphatic carbocycles. The Morgan fingerprint density at radius 3 is 2.62 bits per heavy atom. The Morgan fingerprint density at radius 1 is 1.29 bits per heavy atom. The Labute approximate surface area is 134 Å². The second-order valence-corrected chi connectivity index (χ2v) is 7.51. The predicted molar refractivity (Wildman–Crippen MR) is 80.9 cm³/mol. The summed E-state index contributed by atoms with van der Waals surface area (Å²) in [5, 5.41) is 9.33. The van der Waals surface area contributed by atoms with Gasteiger partial charge in [0.25, 0.3) is 5.09 Å². The van der Waals surface area contributed by atoms with Gasteiger partial charge in [0.2, 0.25) is 5.88 Å².